The highest BCUT2D eigenvalue weighted by atomic mass is 35.5. The van der Waals surface area contributed by atoms with Crippen molar-refractivity contribution in [3.8, 4) is 0 Å². The quantitative estimate of drug-likeness (QED) is 0.262. The van der Waals surface area contributed by atoms with Gasteiger partial charge in [-0.05, 0) is 29.7 Å². The molecule has 0 unspecified atom stereocenters. The molecule has 0 bridgehead atoms. The Morgan fingerprint density at radius 2 is 1.44 bits per heavy atom. The van der Waals surface area contributed by atoms with E-state index in [-0.39, 0.29) is 22.8 Å². The van der Waals surface area contributed by atoms with Crippen LogP contribution in [-0.4, -0.2) is 39.2 Å². The number of rotatable bonds is 9. The second-order valence-corrected chi connectivity index (χ2v) is 7.71. The number of carbonyl (C=O) groups is 2. The summed E-state index contributed by atoms with van der Waals surface area (Å²) in [6.07, 6.45) is 0.589. The first-order chi connectivity index (χ1) is 16.2. The van der Waals surface area contributed by atoms with Gasteiger partial charge in [0.2, 0.25) is 0 Å². The molecular weight excluding hydrogens is 462 g/mol. The zero-order chi connectivity index (χ0) is 25.1. The summed E-state index contributed by atoms with van der Waals surface area (Å²) in [7, 11) is 0. The summed E-state index contributed by atoms with van der Waals surface area (Å²) in [6.45, 7) is 0. The fourth-order valence-electron chi connectivity index (χ4n) is 2.97. The summed E-state index contributed by atoms with van der Waals surface area (Å²) in [6, 6.07) is 20.7. The lowest BCUT2D eigenvalue weighted by molar-refractivity contribution is -0.384. The average Bonchev–Trinajstić information content (AvgIpc) is 2.81. The Labute approximate surface area is 200 Å². The highest BCUT2D eigenvalue weighted by molar-refractivity contribution is 6.30. The summed E-state index contributed by atoms with van der Waals surface area (Å²) in [4.78, 5) is 32.2. The van der Waals surface area contributed by atoms with Crippen molar-refractivity contribution >= 4 is 34.9 Å². The Morgan fingerprint density at radius 3 is 1.91 bits per heavy atom. The molecule has 0 fully saturated rings. The number of nitrogens with zero attached hydrogens (tertiary/aromatic N) is 1. The fourth-order valence-corrected chi connectivity index (χ4v) is 3.14. The lowest BCUT2D eigenvalue weighted by Gasteiger charge is -2.16. The molecule has 0 heterocycles. The molecule has 10 heteroatoms. The van der Waals surface area contributed by atoms with Crippen LogP contribution in [0.1, 0.15) is 11.1 Å². The first-order valence-electron chi connectivity index (χ1n) is 10.2. The van der Waals surface area contributed by atoms with Crippen LogP contribution < -0.4 is 11.1 Å². The molecule has 0 radical (unpaired) electrons. The van der Waals surface area contributed by atoms with Crippen LogP contribution in [0.25, 0.3) is 0 Å². The van der Waals surface area contributed by atoms with Crippen molar-refractivity contribution in [1.29, 1.82) is 0 Å². The van der Waals surface area contributed by atoms with Crippen molar-refractivity contribution in [2.75, 3.05) is 5.32 Å². The number of nitro benzene ring substituents is 1. The molecule has 0 spiro atoms. The van der Waals surface area contributed by atoms with Gasteiger partial charge in [-0.1, -0.05) is 72.3 Å². The van der Waals surface area contributed by atoms with Crippen LogP contribution in [-0.2, 0) is 22.4 Å². The molecule has 0 saturated heterocycles. The minimum absolute atomic E-state index is 0.123. The molecule has 0 aromatic heterocycles. The topological polar surface area (TPSA) is 156 Å². The smallest absolute Gasteiger partial charge is 0.326 e. The molecular formula is C24H24ClN3O6. The highest BCUT2D eigenvalue weighted by Gasteiger charge is 2.22. The maximum absolute atomic E-state index is 11.4. The first kappa shape index (κ1) is 26.3. The van der Waals surface area contributed by atoms with E-state index in [4.69, 9.17) is 22.4 Å². The van der Waals surface area contributed by atoms with Gasteiger partial charge in [-0.15, -0.1) is 0 Å². The number of carboxylic acid groups (broad SMARTS) is 2. The van der Waals surface area contributed by atoms with Crippen LogP contribution in [0.15, 0.2) is 78.9 Å². The molecule has 3 aromatic carbocycles. The minimum Gasteiger partial charge on any atom is -0.480 e. The third-order valence-corrected chi connectivity index (χ3v) is 4.92. The van der Waals surface area contributed by atoms with Crippen molar-refractivity contribution in [2.24, 2.45) is 5.73 Å². The second kappa shape index (κ2) is 12.9. The van der Waals surface area contributed by atoms with Crippen LogP contribution in [0.3, 0.4) is 0 Å². The third-order valence-electron chi connectivity index (χ3n) is 4.68. The molecule has 0 saturated carbocycles. The van der Waals surface area contributed by atoms with E-state index in [0.717, 1.165) is 11.1 Å². The predicted octanol–water partition coefficient (Wildman–Crippen LogP) is 4.00. The van der Waals surface area contributed by atoms with Crippen LogP contribution >= 0.6 is 11.6 Å². The number of nitrogens with one attached hydrogen (secondary N) is 1. The summed E-state index contributed by atoms with van der Waals surface area (Å²) >= 11 is 5.74. The van der Waals surface area contributed by atoms with E-state index in [1.807, 2.05) is 36.4 Å². The molecule has 0 amide bonds. The number of hydrogen-bond donors (Lipinski definition) is 4. The van der Waals surface area contributed by atoms with Crippen LogP contribution in [0.2, 0.25) is 5.02 Å². The maximum Gasteiger partial charge on any atom is 0.326 e. The lowest BCUT2D eigenvalue weighted by atomic mass is 10.1. The zero-order valence-electron chi connectivity index (χ0n) is 18.0. The standard InChI is InChI=1S/C15H13ClN2O4.C9H11NO2/c16-11-6-7-12(14(9-11)18(21)22)17-13(15(19)20)8-10-4-2-1-3-5-10;10-8(9(11)12)6-7-4-2-1-3-5-7/h1-7,9,13,17H,8H2,(H,19,20);1-5,8H,6,10H2,(H,11,12)/t13-;8-/m00/s1. The van der Waals surface area contributed by atoms with E-state index in [2.05, 4.69) is 5.32 Å². The van der Waals surface area contributed by atoms with E-state index in [1.54, 1.807) is 24.3 Å². The molecule has 178 valence electrons. The van der Waals surface area contributed by atoms with E-state index in [1.165, 1.54) is 18.2 Å². The molecule has 0 aliphatic carbocycles. The molecule has 0 aliphatic rings. The van der Waals surface area contributed by atoms with Gasteiger partial charge in [0, 0.05) is 17.5 Å². The van der Waals surface area contributed by atoms with Crippen LogP contribution in [0.4, 0.5) is 11.4 Å². The minimum atomic E-state index is -1.09. The van der Waals surface area contributed by atoms with Gasteiger partial charge in [0.1, 0.15) is 17.8 Å². The number of aliphatic carboxylic acids is 2. The first-order valence-corrected chi connectivity index (χ1v) is 10.5. The van der Waals surface area contributed by atoms with Gasteiger partial charge in [-0.3, -0.25) is 14.9 Å². The predicted molar refractivity (Wildman–Crippen MR) is 129 cm³/mol. The normalized spacial score (nSPS) is 11.9. The Kier molecular flexibility index (Phi) is 10.0. The molecule has 5 N–H and O–H groups in total. The van der Waals surface area contributed by atoms with E-state index in [0.29, 0.717) is 6.42 Å². The summed E-state index contributed by atoms with van der Waals surface area (Å²) in [5, 5.41) is 31.8. The molecule has 3 rings (SSSR count). The Balaban J connectivity index is 0.000000287. The Bertz CT molecular complexity index is 1110. The third kappa shape index (κ3) is 8.53. The van der Waals surface area contributed by atoms with Gasteiger partial charge in [-0.25, -0.2) is 4.79 Å². The van der Waals surface area contributed by atoms with E-state index < -0.39 is 28.9 Å². The van der Waals surface area contributed by atoms with Gasteiger partial charge >= 0.3 is 11.9 Å². The molecule has 0 aliphatic heterocycles. The Hall–Kier alpha value is -3.95. The van der Waals surface area contributed by atoms with Crippen LogP contribution in [0, 0.1) is 10.1 Å². The van der Waals surface area contributed by atoms with Crippen molar-refractivity contribution < 1.29 is 24.7 Å². The summed E-state index contributed by atoms with van der Waals surface area (Å²) < 4.78 is 0. The highest BCUT2D eigenvalue weighted by Crippen LogP contribution is 2.28. The average molecular weight is 486 g/mol. The number of nitrogens with two attached hydrogens (primary N) is 1. The van der Waals surface area contributed by atoms with Gasteiger partial charge in [0.25, 0.3) is 5.69 Å². The van der Waals surface area contributed by atoms with Gasteiger partial charge in [0.15, 0.2) is 0 Å². The van der Waals surface area contributed by atoms with E-state index >= 15 is 0 Å². The number of carboxylic acids is 2. The van der Waals surface area contributed by atoms with Crippen molar-refractivity contribution in [3.63, 3.8) is 0 Å². The number of hydrogen-bond acceptors (Lipinski definition) is 6. The van der Waals surface area contributed by atoms with Crippen molar-refractivity contribution in [3.05, 3.63) is 105 Å². The fraction of sp³-hybridized carbons (Fsp3) is 0.167. The molecule has 9 nitrogen and oxygen atoms in total. The lowest BCUT2D eigenvalue weighted by Crippen LogP contribution is -2.32. The number of nitro groups is 1. The monoisotopic (exact) mass is 485 g/mol. The van der Waals surface area contributed by atoms with Crippen LogP contribution in [0.5, 0.6) is 0 Å². The van der Waals surface area contributed by atoms with Gasteiger partial charge in [-0.2, -0.15) is 0 Å². The maximum atomic E-state index is 11.4. The van der Waals surface area contributed by atoms with Crippen molar-refractivity contribution in [2.45, 2.75) is 24.9 Å². The van der Waals surface area contributed by atoms with E-state index in [9.17, 15) is 24.8 Å². The molecule has 3 aromatic rings. The SMILES string of the molecule is N[C@@H](Cc1ccccc1)C(=O)O.O=C(O)[C@H](Cc1ccccc1)Nc1ccc(Cl)cc1[N+](=O)[O-]. The molecule has 34 heavy (non-hydrogen) atoms. The second-order valence-electron chi connectivity index (χ2n) is 7.28. The number of benzene rings is 3. The number of halogens is 1. The van der Waals surface area contributed by atoms with Crippen molar-refractivity contribution in [1.82, 2.24) is 0 Å². The van der Waals surface area contributed by atoms with Gasteiger partial charge < -0.3 is 21.3 Å². The summed E-state index contributed by atoms with van der Waals surface area (Å²) in [5.74, 6) is -2.05. The largest absolute Gasteiger partial charge is 0.480 e. The molecule has 2 atom stereocenters. The Morgan fingerprint density at radius 1 is 0.912 bits per heavy atom. The van der Waals surface area contributed by atoms with Gasteiger partial charge in [0.05, 0.1) is 4.92 Å². The summed E-state index contributed by atoms with van der Waals surface area (Å²) in [5.41, 5.74) is 6.98. The zero-order valence-corrected chi connectivity index (χ0v) is 18.8. The number of anilines is 1.